The molecule has 3 aromatic rings. The van der Waals surface area contributed by atoms with E-state index in [-0.39, 0.29) is 22.0 Å². The van der Waals surface area contributed by atoms with Crippen LogP contribution >= 0.6 is 11.6 Å². The second-order valence-electron chi connectivity index (χ2n) is 10.0. The number of carbonyl (C=O) groups excluding carboxylic acids is 1. The summed E-state index contributed by atoms with van der Waals surface area (Å²) in [6, 6.07) is 5.51. The summed E-state index contributed by atoms with van der Waals surface area (Å²) >= 11 is 6.68. The van der Waals surface area contributed by atoms with Gasteiger partial charge in [-0.2, -0.15) is 5.10 Å². The SMILES string of the molecule is C[C@H]1c2nn(C)c(-c3cc(F)cc(F)c3)c2CCN1C(=O)c1cc(F)cc(N2CC3(CCN3)C2)c1Cl. The third kappa shape index (κ3) is 3.59. The molecule has 0 bridgehead atoms. The van der Waals surface area contributed by atoms with Gasteiger partial charge in [0.1, 0.15) is 17.5 Å². The highest BCUT2D eigenvalue weighted by Gasteiger charge is 2.48. The number of aromatic nitrogens is 2. The number of nitrogens with zero attached hydrogens (tertiary/aromatic N) is 4. The molecular formula is C26H25ClF3N5O. The Morgan fingerprint density at radius 1 is 1.11 bits per heavy atom. The molecule has 1 amide bonds. The number of rotatable bonds is 3. The van der Waals surface area contributed by atoms with E-state index in [1.165, 1.54) is 24.3 Å². The van der Waals surface area contributed by atoms with Crippen LogP contribution in [0.2, 0.25) is 5.02 Å². The normalized spacial score (nSPS) is 20.2. The van der Waals surface area contributed by atoms with E-state index in [0.29, 0.717) is 35.6 Å². The summed E-state index contributed by atoms with van der Waals surface area (Å²) in [6.07, 6.45) is 1.51. The van der Waals surface area contributed by atoms with E-state index in [1.807, 2.05) is 11.8 Å². The van der Waals surface area contributed by atoms with Gasteiger partial charge in [0, 0.05) is 43.9 Å². The Hall–Kier alpha value is -3.04. The van der Waals surface area contributed by atoms with Gasteiger partial charge < -0.3 is 15.1 Å². The highest BCUT2D eigenvalue weighted by molar-refractivity contribution is 6.36. The van der Waals surface area contributed by atoms with Crippen LogP contribution in [-0.2, 0) is 13.5 Å². The number of benzene rings is 2. The van der Waals surface area contributed by atoms with Crippen LogP contribution in [0.1, 0.15) is 41.0 Å². The summed E-state index contributed by atoms with van der Waals surface area (Å²) < 4.78 is 44.0. The fraction of sp³-hybridized carbons (Fsp3) is 0.385. The topological polar surface area (TPSA) is 53.4 Å². The lowest BCUT2D eigenvalue weighted by Crippen LogP contribution is -2.76. The number of fused-ring (bicyclic) bond motifs is 1. The van der Waals surface area contributed by atoms with Gasteiger partial charge in [-0.15, -0.1) is 0 Å². The van der Waals surface area contributed by atoms with E-state index in [4.69, 9.17) is 11.6 Å². The van der Waals surface area contributed by atoms with Crippen LogP contribution in [0.5, 0.6) is 0 Å². The molecule has 3 aliphatic rings. The van der Waals surface area contributed by atoms with Crippen molar-refractivity contribution in [2.45, 2.75) is 31.3 Å². The maximum atomic E-state index is 14.6. The van der Waals surface area contributed by atoms with Crippen molar-refractivity contribution in [1.82, 2.24) is 20.0 Å². The maximum absolute atomic E-state index is 14.6. The Bertz CT molecular complexity index is 1370. The zero-order valence-electron chi connectivity index (χ0n) is 19.9. The molecule has 0 aliphatic carbocycles. The zero-order valence-corrected chi connectivity index (χ0v) is 20.7. The van der Waals surface area contributed by atoms with Crippen LogP contribution in [0.4, 0.5) is 18.9 Å². The van der Waals surface area contributed by atoms with Gasteiger partial charge in [0.05, 0.1) is 39.2 Å². The third-order valence-corrected chi connectivity index (χ3v) is 8.12. The molecule has 2 saturated heterocycles. The summed E-state index contributed by atoms with van der Waals surface area (Å²) in [5.41, 5.74) is 3.21. The molecule has 1 aromatic heterocycles. The van der Waals surface area contributed by atoms with Gasteiger partial charge in [0.25, 0.3) is 5.91 Å². The van der Waals surface area contributed by atoms with Crippen LogP contribution in [-0.4, -0.2) is 52.3 Å². The molecule has 1 atom stereocenters. The first-order chi connectivity index (χ1) is 17.2. The van der Waals surface area contributed by atoms with Crippen molar-refractivity contribution in [3.05, 3.63) is 69.6 Å². The lowest BCUT2D eigenvalue weighted by molar-refractivity contribution is 0.0673. The molecule has 1 N–H and O–H groups in total. The molecule has 0 radical (unpaired) electrons. The van der Waals surface area contributed by atoms with Gasteiger partial charge >= 0.3 is 0 Å². The van der Waals surface area contributed by atoms with Crippen molar-refractivity contribution in [1.29, 1.82) is 0 Å². The predicted molar refractivity (Wildman–Crippen MR) is 131 cm³/mol. The second-order valence-corrected chi connectivity index (χ2v) is 10.4. The monoisotopic (exact) mass is 515 g/mol. The minimum atomic E-state index is -0.668. The number of aryl methyl sites for hydroxylation is 1. The molecule has 188 valence electrons. The highest BCUT2D eigenvalue weighted by atomic mass is 35.5. The molecular weight excluding hydrogens is 491 g/mol. The van der Waals surface area contributed by atoms with Gasteiger partial charge in [-0.1, -0.05) is 11.6 Å². The Morgan fingerprint density at radius 3 is 2.42 bits per heavy atom. The van der Waals surface area contributed by atoms with Gasteiger partial charge in [-0.3, -0.25) is 9.48 Å². The molecule has 36 heavy (non-hydrogen) atoms. The minimum absolute atomic E-state index is 0.0822. The standard InChI is InChI=1S/C26H25ClF3N5O/c1-14-23-19(24(33(2)32-23)15-7-16(28)9-17(29)8-15)3-6-35(14)25(36)20-10-18(30)11-21(22(20)27)34-12-26(13-34)4-5-31-26/h7-11,14,31H,3-6,12-13H2,1-2H3/t14-/m0/s1. The number of hydrogen-bond acceptors (Lipinski definition) is 4. The lowest BCUT2D eigenvalue weighted by Gasteiger charge is -2.57. The largest absolute Gasteiger partial charge is 0.366 e. The number of anilines is 1. The Morgan fingerprint density at radius 2 is 1.78 bits per heavy atom. The van der Waals surface area contributed by atoms with Gasteiger partial charge in [0.15, 0.2) is 0 Å². The molecule has 2 fully saturated rings. The number of hydrogen-bond donors (Lipinski definition) is 1. The molecule has 1 spiro atoms. The van der Waals surface area contributed by atoms with Crippen LogP contribution < -0.4 is 10.2 Å². The molecule has 4 heterocycles. The average Bonchev–Trinajstić information content (AvgIpc) is 3.10. The first-order valence-corrected chi connectivity index (χ1v) is 12.4. The van der Waals surface area contributed by atoms with Crippen LogP contribution in [0.25, 0.3) is 11.3 Å². The molecule has 6 rings (SSSR count). The van der Waals surface area contributed by atoms with Crippen molar-refractivity contribution in [2.24, 2.45) is 7.05 Å². The maximum Gasteiger partial charge on any atom is 0.256 e. The molecule has 3 aliphatic heterocycles. The molecule has 2 aromatic carbocycles. The third-order valence-electron chi connectivity index (χ3n) is 7.72. The highest BCUT2D eigenvalue weighted by Crippen LogP contribution is 2.41. The quantitative estimate of drug-likeness (QED) is 0.559. The Labute approximate surface area is 211 Å². The second kappa shape index (κ2) is 8.24. The van der Waals surface area contributed by atoms with Gasteiger partial charge in [-0.25, -0.2) is 13.2 Å². The number of nitrogens with one attached hydrogen (secondary N) is 1. The van der Waals surface area contributed by atoms with Crippen molar-refractivity contribution in [3.63, 3.8) is 0 Å². The van der Waals surface area contributed by atoms with Crippen molar-refractivity contribution >= 4 is 23.2 Å². The summed E-state index contributed by atoms with van der Waals surface area (Å²) in [5, 5.41) is 8.25. The Kier molecular flexibility index (Phi) is 5.35. The smallest absolute Gasteiger partial charge is 0.256 e. The molecule has 6 nitrogen and oxygen atoms in total. The lowest BCUT2D eigenvalue weighted by atomic mass is 9.80. The number of carbonyl (C=O) groups is 1. The van der Waals surface area contributed by atoms with Crippen molar-refractivity contribution in [2.75, 3.05) is 31.1 Å². The van der Waals surface area contributed by atoms with E-state index in [0.717, 1.165) is 37.7 Å². The fourth-order valence-corrected chi connectivity index (χ4v) is 6.10. The number of halogens is 4. The fourth-order valence-electron chi connectivity index (χ4n) is 5.79. The molecule has 0 unspecified atom stereocenters. The van der Waals surface area contributed by atoms with Gasteiger partial charge in [-0.05, 0) is 50.6 Å². The van der Waals surface area contributed by atoms with Crippen LogP contribution in [0.3, 0.4) is 0 Å². The summed E-state index contributed by atoms with van der Waals surface area (Å²) in [7, 11) is 1.71. The van der Waals surface area contributed by atoms with Crippen molar-refractivity contribution < 1.29 is 18.0 Å². The molecule has 10 heteroatoms. The summed E-state index contributed by atoms with van der Waals surface area (Å²) in [6.45, 7) is 4.61. The predicted octanol–water partition coefficient (Wildman–Crippen LogP) is 4.47. The van der Waals surface area contributed by atoms with Gasteiger partial charge in [0.2, 0.25) is 0 Å². The number of amides is 1. The minimum Gasteiger partial charge on any atom is -0.366 e. The van der Waals surface area contributed by atoms with E-state index in [2.05, 4.69) is 10.4 Å². The zero-order chi connectivity index (χ0) is 25.4. The average molecular weight is 516 g/mol. The van der Waals surface area contributed by atoms with Crippen molar-refractivity contribution in [3.8, 4) is 11.3 Å². The van der Waals surface area contributed by atoms with Crippen LogP contribution in [0.15, 0.2) is 30.3 Å². The molecule has 0 saturated carbocycles. The van der Waals surface area contributed by atoms with Crippen LogP contribution in [0, 0.1) is 17.5 Å². The first-order valence-electron chi connectivity index (χ1n) is 12.0. The van der Waals surface area contributed by atoms with E-state index < -0.39 is 23.5 Å². The van der Waals surface area contributed by atoms with E-state index >= 15 is 0 Å². The van der Waals surface area contributed by atoms with E-state index in [1.54, 1.807) is 16.6 Å². The Balaban J connectivity index is 1.30. The first kappa shape index (κ1) is 23.4. The summed E-state index contributed by atoms with van der Waals surface area (Å²) in [5.74, 6) is -2.23. The summed E-state index contributed by atoms with van der Waals surface area (Å²) in [4.78, 5) is 17.3. The van der Waals surface area contributed by atoms with E-state index in [9.17, 15) is 18.0 Å².